The fourth-order valence-corrected chi connectivity index (χ4v) is 3.08. The maximum Gasteiger partial charge on any atom is 0.323 e. The molecule has 58 heavy (non-hydrogen) atoms. The molecule has 0 atom stereocenters. The minimum atomic E-state index is -1.00. The summed E-state index contributed by atoms with van der Waals surface area (Å²) in [6, 6.07) is 0.699. The second-order valence-electron chi connectivity index (χ2n) is 13.4. The first kappa shape index (κ1) is 61.9. The van der Waals surface area contributed by atoms with Crippen LogP contribution in [0.2, 0.25) is 0 Å². The summed E-state index contributed by atoms with van der Waals surface area (Å²) in [6.07, 6.45) is 2.29. The zero-order valence-electron chi connectivity index (χ0n) is 38.0. The number of hydrogen-bond donors (Lipinski definition) is 1. The van der Waals surface area contributed by atoms with Crippen molar-refractivity contribution in [1.29, 1.82) is 0 Å². The molecule has 0 unspecified atom stereocenters. The topological polar surface area (TPSA) is 223 Å². The third-order valence-electron chi connectivity index (χ3n) is 7.94. The summed E-state index contributed by atoms with van der Waals surface area (Å²) in [6.45, 7) is 15.1. The van der Waals surface area contributed by atoms with Crippen molar-refractivity contribution in [3.63, 3.8) is 0 Å². The monoisotopic (exact) mass is 835 g/mol. The van der Waals surface area contributed by atoms with E-state index in [0.717, 1.165) is 11.4 Å². The number of likely N-dealkylation sites (N-methyl/N-ethyl adjacent to an activating group) is 9. The first-order chi connectivity index (χ1) is 26.8. The number of nitrogens with zero attached hydrogens (tertiary/aromatic N) is 10. The molecule has 21 nitrogen and oxygen atoms in total. The second kappa shape index (κ2) is 37.2. The average Bonchev–Trinajstić information content (AvgIpc) is 3.19. The van der Waals surface area contributed by atoms with Crippen LogP contribution in [0.4, 0.5) is 0 Å². The lowest BCUT2D eigenvalue weighted by Gasteiger charge is -2.24. The summed E-state index contributed by atoms with van der Waals surface area (Å²) >= 11 is 0. The fourth-order valence-electron chi connectivity index (χ4n) is 3.08. The van der Waals surface area contributed by atoms with E-state index in [4.69, 9.17) is 5.11 Å². The van der Waals surface area contributed by atoms with E-state index in [1.165, 1.54) is 57.6 Å². The van der Waals surface area contributed by atoms with Gasteiger partial charge in [-0.15, -0.1) is 0 Å². The van der Waals surface area contributed by atoms with Crippen LogP contribution in [-0.2, 0) is 47.9 Å². The maximum atomic E-state index is 11.9. The van der Waals surface area contributed by atoms with Gasteiger partial charge in [0.25, 0.3) is 0 Å². The van der Waals surface area contributed by atoms with Crippen LogP contribution in [0, 0.1) is 0 Å². The highest BCUT2D eigenvalue weighted by molar-refractivity contribution is 5.89. The SMILES string of the molecule is CCN(C)C(=O)CN(C)C(=O)CN(C)C(=O)CN(C)C=O.CCN(C)C(=O)CN(C)C=O.CCN(C)C(=O)CN(C)C=O.CCN(C)C(C)C.CN(C=O)CC(=O)O. The molecule has 0 fully saturated rings. The third-order valence-corrected chi connectivity index (χ3v) is 7.94. The van der Waals surface area contributed by atoms with Crippen LogP contribution in [0.3, 0.4) is 0 Å². The summed E-state index contributed by atoms with van der Waals surface area (Å²) in [5, 5.41) is 8.01. The lowest BCUT2D eigenvalue weighted by Crippen LogP contribution is -2.45. The molecular formula is C37H74N10O11. The molecule has 0 aliphatic carbocycles. The number of amides is 9. The predicted molar refractivity (Wildman–Crippen MR) is 221 cm³/mol. The highest BCUT2D eigenvalue weighted by Gasteiger charge is 2.19. The summed E-state index contributed by atoms with van der Waals surface area (Å²) in [5.41, 5.74) is 0. The Morgan fingerprint density at radius 2 is 0.621 bits per heavy atom. The van der Waals surface area contributed by atoms with E-state index in [2.05, 4.69) is 32.7 Å². The van der Waals surface area contributed by atoms with E-state index in [0.29, 0.717) is 51.3 Å². The number of rotatable bonds is 21. The Morgan fingerprint density at radius 1 is 0.397 bits per heavy atom. The molecule has 338 valence electrons. The van der Waals surface area contributed by atoms with Crippen molar-refractivity contribution in [3.05, 3.63) is 0 Å². The molecule has 0 spiro atoms. The highest BCUT2D eigenvalue weighted by Crippen LogP contribution is 1.95. The Balaban J connectivity index is -0.000000216. The normalized spacial score (nSPS) is 9.41. The van der Waals surface area contributed by atoms with E-state index in [9.17, 15) is 47.9 Å². The van der Waals surface area contributed by atoms with Gasteiger partial charge in [-0.25, -0.2) is 0 Å². The predicted octanol–water partition coefficient (Wildman–Crippen LogP) is -1.92. The number of carbonyl (C=O) groups is 10. The van der Waals surface area contributed by atoms with Crippen LogP contribution >= 0.6 is 0 Å². The molecule has 0 saturated heterocycles. The number of hydrogen-bond acceptors (Lipinski definition) is 11. The van der Waals surface area contributed by atoms with Gasteiger partial charge in [-0.1, -0.05) is 6.92 Å². The first-order valence-corrected chi connectivity index (χ1v) is 18.5. The van der Waals surface area contributed by atoms with Gasteiger partial charge in [-0.05, 0) is 48.2 Å². The summed E-state index contributed by atoms with van der Waals surface area (Å²) in [5.74, 6) is -1.92. The average molecular weight is 835 g/mol. The standard InChI is InChI=1S/C13H24N4O4.2C7H14N2O2.C6H15N.C4H7NO3/c1-6-15(3)12(20)8-17(5)13(21)9-16(4)11(19)7-14(2)10-18;2*1-4-9(3)7(11)5-8(2)6-10;1-5-7(4)6(2)3;1-5(3-6)2-4(7)8/h10H,6-9H2,1-5H3;2*6H,4-5H2,1-3H3;6H,5H2,1-4H3;3H,2H2,1H3,(H,7,8). The van der Waals surface area contributed by atoms with Gasteiger partial charge in [0, 0.05) is 89.1 Å². The largest absolute Gasteiger partial charge is 0.480 e. The molecule has 0 radical (unpaired) electrons. The lowest BCUT2D eigenvalue weighted by molar-refractivity contribution is -0.142. The molecule has 0 aromatic rings. The Kier molecular flexibility index (Phi) is 39.7. The van der Waals surface area contributed by atoms with Crippen molar-refractivity contribution < 1.29 is 53.1 Å². The summed E-state index contributed by atoms with van der Waals surface area (Å²) < 4.78 is 0. The molecule has 0 aliphatic heterocycles. The summed E-state index contributed by atoms with van der Waals surface area (Å²) in [4.78, 5) is 122. The first-order valence-electron chi connectivity index (χ1n) is 18.5. The summed E-state index contributed by atoms with van der Waals surface area (Å²) in [7, 11) is 16.2. The molecule has 0 aliphatic rings. The molecule has 21 heteroatoms. The van der Waals surface area contributed by atoms with Gasteiger partial charge in [-0.3, -0.25) is 47.9 Å². The van der Waals surface area contributed by atoms with Crippen LogP contribution < -0.4 is 0 Å². The van der Waals surface area contributed by atoms with E-state index in [1.54, 1.807) is 45.0 Å². The number of aliphatic carboxylic acids is 1. The van der Waals surface area contributed by atoms with Crippen molar-refractivity contribution in [2.45, 2.75) is 47.6 Å². The highest BCUT2D eigenvalue weighted by atomic mass is 16.4. The van der Waals surface area contributed by atoms with Crippen LogP contribution in [0.25, 0.3) is 0 Å². The van der Waals surface area contributed by atoms with Crippen LogP contribution in [0.1, 0.15) is 41.5 Å². The smallest absolute Gasteiger partial charge is 0.323 e. The van der Waals surface area contributed by atoms with E-state index in [-0.39, 0.29) is 68.8 Å². The van der Waals surface area contributed by atoms with Gasteiger partial charge >= 0.3 is 5.97 Å². The van der Waals surface area contributed by atoms with Crippen LogP contribution in [0.5, 0.6) is 0 Å². The molecule has 9 amide bonds. The molecule has 0 bridgehead atoms. The zero-order valence-corrected chi connectivity index (χ0v) is 38.0. The van der Waals surface area contributed by atoms with E-state index < -0.39 is 5.97 Å². The molecule has 0 saturated carbocycles. The van der Waals surface area contributed by atoms with Gasteiger partial charge in [0.05, 0.1) is 32.7 Å². The van der Waals surface area contributed by atoms with Gasteiger partial charge in [0.15, 0.2) is 0 Å². The minimum Gasteiger partial charge on any atom is -0.480 e. The van der Waals surface area contributed by atoms with Crippen molar-refractivity contribution in [2.75, 3.05) is 136 Å². The quantitative estimate of drug-likeness (QED) is 0.125. The van der Waals surface area contributed by atoms with Gasteiger partial charge < -0.3 is 54.1 Å². The molecule has 0 rings (SSSR count). The maximum absolute atomic E-state index is 11.9. The number of carboxylic acid groups (broad SMARTS) is 1. The van der Waals surface area contributed by atoms with Crippen LogP contribution in [0.15, 0.2) is 0 Å². The Bertz CT molecular complexity index is 1190. The third kappa shape index (κ3) is 36.3. The molecule has 0 aromatic heterocycles. The minimum absolute atomic E-state index is 0.0283. The van der Waals surface area contributed by atoms with Crippen molar-refractivity contribution >= 4 is 61.1 Å². The Labute approximate surface area is 346 Å². The van der Waals surface area contributed by atoms with Gasteiger partial charge in [-0.2, -0.15) is 0 Å². The van der Waals surface area contributed by atoms with Gasteiger partial charge in [0.2, 0.25) is 55.2 Å². The fraction of sp³-hybridized carbons (Fsp3) is 0.730. The molecule has 0 aromatic carbocycles. The molecular weight excluding hydrogens is 760 g/mol. The molecule has 1 N–H and O–H groups in total. The zero-order chi connectivity index (χ0) is 46.7. The number of carbonyl (C=O) groups excluding carboxylic acids is 9. The Morgan fingerprint density at radius 3 is 0.793 bits per heavy atom. The van der Waals surface area contributed by atoms with Crippen molar-refractivity contribution in [2.24, 2.45) is 0 Å². The molecule has 0 heterocycles. The van der Waals surface area contributed by atoms with E-state index in [1.807, 2.05) is 20.8 Å². The Hall–Kier alpha value is -5.34. The van der Waals surface area contributed by atoms with Crippen LogP contribution in [-0.4, -0.2) is 257 Å². The lowest BCUT2D eigenvalue weighted by atomic mass is 10.3. The van der Waals surface area contributed by atoms with Crippen molar-refractivity contribution in [1.82, 2.24) is 49.0 Å². The number of carboxylic acids is 1. The second-order valence-corrected chi connectivity index (χ2v) is 13.4. The van der Waals surface area contributed by atoms with Crippen molar-refractivity contribution in [3.8, 4) is 0 Å². The van der Waals surface area contributed by atoms with E-state index >= 15 is 0 Å². The van der Waals surface area contributed by atoms with Gasteiger partial charge in [0.1, 0.15) is 6.54 Å².